The lowest BCUT2D eigenvalue weighted by Gasteiger charge is -2.36. The lowest BCUT2D eigenvalue weighted by Crippen LogP contribution is -2.49. The lowest BCUT2D eigenvalue weighted by atomic mass is 10.2. The molecule has 122 valence electrons. The van der Waals surface area contributed by atoms with E-state index < -0.39 is 0 Å². The Morgan fingerprint density at radius 2 is 1.83 bits per heavy atom. The van der Waals surface area contributed by atoms with Crippen molar-refractivity contribution in [2.45, 2.75) is 6.54 Å². The summed E-state index contributed by atoms with van der Waals surface area (Å²) in [6.45, 7) is 4.73. The molecule has 3 rings (SSSR count). The van der Waals surface area contributed by atoms with Crippen molar-refractivity contribution in [3.05, 3.63) is 54.5 Å². The fourth-order valence-electron chi connectivity index (χ4n) is 2.84. The third-order valence-corrected chi connectivity index (χ3v) is 4.25. The monoisotopic (exact) mass is 313 g/mol. The molecule has 0 spiro atoms. The number of furan rings is 1. The van der Waals surface area contributed by atoms with Crippen molar-refractivity contribution in [2.75, 3.05) is 44.7 Å². The Morgan fingerprint density at radius 1 is 1.09 bits per heavy atom. The van der Waals surface area contributed by atoms with Crippen LogP contribution in [0.5, 0.6) is 0 Å². The van der Waals surface area contributed by atoms with Gasteiger partial charge in [0.15, 0.2) is 0 Å². The van der Waals surface area contributed by atoms with Gasteiger partial charge in [0.05, 0.1) is 19.4 Å². The van der Waals surface area contributed by atoms with Crippen LogP contribution in [-0.2, 0) is 11.3 Å². The topological polar surface area (TPSA) is 39.9 Å². The molecule has 2 aromatic rings. The van der Waals surface area contributed by atoms with Gasteiger partial charge in [0.2, 0.25) is 5.91 Å². The summed E-state index contributed by atoms with van der Waals surface area (Å²) in [5, 5.41) is 0. The number of amides is 1. The van der Waals surface area contributed by atoms with Crippen LogP contribution in [0.3, 0.4) is 0 Å². The van der Waals surface area contributed by atoms with Crippen molar-refractivity contribution in [3.8, 4) is 0 Å². The Hall–Kier alpha value is -2.27. The van der Waals surface area contributed by atoms with Gasteiger partial charge >= 0.3 is 0 Å². The van der Waals surface area contributed by atoms with E-state index in [1.54, 1.807) is 11.2 Å². The summed E-state index contributed by atoms with van der Waals surface area (Å²) >= 11 is 0. The first-order valence-corrected chi connectivity index (χ1v) is 8.01. The van der Waals surface area contributed by atoms with Crippen LogP contribution in [0.4, 0.5) is 5.69 Å². The van der Waals surface area contributed by atoms with Gasteiger partial charge in [-0.1, -0.05) is 18.2 Å². The zero-order valence-electron chi connectivity index (χ0n) is 13.5. The normalized spacial score (nSPS) is 15.6. The number of rotatable bonds is 5. The summed E-state index contributed by atoms with van der Waals surface area (Å²) in [5.74, 6) is 0.948. The highest BCUT2D eigenvalue weighted by Crippen LogP contribution is 2.15. The minimum Gasteiger partial charge on any atom is -0.467 e. The second kappa shape index (κ2) is 7.33. The highest BCUT2D eigenvalue weighted by molar-refractivity contribution is 5.78. The standard InChI is InChI=1S/C18H23N3O2/c1-19(14-17-8-5-13-23-17)18(22)15-20-9-11-21(12-10-20)16-6-3-2-4-7-16/h2-8,13H,9-12,14-15H2,1H3. The van der Waals surface area contributed by atoms with E-state index in [1.165, 1.54) is 5.69 Å². The zero-order chi connectivity index (χ0) is 16.1. The third-order valence-electron chi connectivity index (χ3n) is 4.25. The predicted molar refractivity (Wildman–Crippen MR) is 90.3 cm³/mol. The van der Waals surface area contributed by atoms with Crippen molar-refractivity contribution >= 4 is 11.6 Å². The smallest absolute Gasteiger partial charge is 0.236 e. The van der Waals surface area contributed by atoms with Crippen LogP contribution in [0.1, 0.15) is 5.76 Å². The number of para-hydroxylation sites is 1. The molecule has 2 heterocycles. The van der Waals surface area contributed by atoms with Gasteiger partial charge in [-0.05, 0) is 24.3 Å². The molecule has 1 aromatic heterocycles. The van der Waals surface area contributed by atoms with Crippen LogP contribution >= 0.6 is 0 Å². The molecular formula is C18H23N3O2. The van der Waals surface area contributed by atoms with E-state index >= 15 is 0 Å². The van der Waals surface area contributed by atoms with E-state index in [9.17, 15) is 4.79 Å². The minimum atomic E-state index is 0.134. The van der Waals surface area contributed by atoms with Crippen LogP contribution in [-0.4, -0.2) is 55.5 Å². The second-order valence-electron chi connectivity index (χ2n) is 5.93. The largest absolute Gasteiger partial charge is 0.467 e. The maximum atomic E-state index is 12.3. The van der Waals surface area contributed by atoms with E-state index in [0.29, 0.717) is 13.1 Å². The summed E-state index contributed by atoms with van der Waals surface area (Å²) in [6.07, 6.45) is 1.64. The van der Waals surface area contributed by atoms with E-state index in [2.05, 4.69) is 34.1 Å². The van der Waals surface area contributed by atoms with Gasteiger partial charge in [-0.2, -0.15) is 0 Å². The summed E-state index contributed by atoms with van der Waals surface area (Å²) in [4.78, 5) is 18.6. The molecule has 1 aromatic carbocycles. The summed E-state index contributed by atoms with van der Waals surface area (Å²) < 4.78 is 5.29. The first-order chi connectivity index (χ1) is 11.2. The molecule has 5 heteroatoms. The van der Waals surface area contributed by atoms with Crippen LogP contribution in [0.2, 0.25) is 0 Å². The Morgan fingerprint density at radius 3 is 2.48 bits per heavy atom. The molecule has 0 N–H and O–H groups in total. The average Bonchev–Trinajstić information content (AvgIpc) is 3.09. The quantitative estimate of drug-likeness (QED) is 0.847. The molecule has 1 fully saturated rings. The highest BCUT2D eigenvalue weighted by Gasteiger charge is 2.20. The van der Waals surface area contributed by atoms with Crippen LogP contribution < -0.4 is 4.90 Å². The molecule has 1 aliphatic heterocycles. The maximum absolute atomic E-state index is 12.3. The molecule has 0 saturated carbocycles. The molecule has 0 bridgehead atoms. The summed E-state index contributed by atoms with van der Waals surface area (Å²) in [5.41, 5.74) is 1.26. The van der Waals surface area contributed by atoms with Gasteiger partial charge in [-0.3, -0.25) is 9.69 Å². The molecule has 5 nitrogen and oxygen atoms in total. The predicted octanol–water partition coefficient (Wildman–Crippen LogP) is 2.06. The molecule has 0 radical (unpaired) electrons. The highest BCUT2D eigenvalue weighted by atomic mass is 16.3. The molecule has 0 aliphatic carbocycles. The van der Waals surface area contributed by atoms with Crippen molar-refractivity contribution in [2.24, 2.45) is 0 Å². The van der Waals surface area contributed by atoms with Crippen molar-refractivity contribution in [3.63, 3.8) is 0 Å². The number of likely N-dealkylation sites (N-methyl/N-ethyl adjacent to an activating group) is 1. The number of anilines is 1. The van der Waals surface area contributed by atoms with Gasteiger partial charge in [0, 0.05) is 38.9 Å². The zero-order valence-corrected chi connectivity index (χ0v) is 13.5. The molecule has 1 amide bonds. The SMILES string of the molecule is CN(Cc1ccco1)C(=O)CN1CCN(c2ccccc2)CC1. The number of benzene rings is 1. The number of carbonyl (C=O) groups excluding carboxylic acids is 1. The van der Waals surface area contributed by atoms with Crippen molar-refractivity contribution in [1.29, 1.82) is 0 Å². The number of piperazine rings is 1. The maximum Gasteiger partial charge on any atom is 0.236 e. The van der Waals surface area contributed by atoms with Crippen molar-refractivity contribution < 1.29 is 9.21 Å². The van der Waals surface area contributed by atoms with Crippen molar-refractivity contribution in [1.82, 2.24) is 9.80 Å². The Labute approximate surface area is 137 Å². The van der Waals surface area contributed by atoms with Crippen LogP contribution in [0, 0.1) is 0 Å². The first kappa shape index (κ1) is 15.6. The Balaban J connectivity index is 1.46. The Kier molecular flexibility index (Phi) is 4.98. The second-order valence-corrected chi connectivity index (χ2v) is 5.93. The number of hydrogen-bond acceptors (Lipinski definition) is 4. The summed E-state index contributed by atoms with van der Waals surface area (Å²) in [6, 6.07) is 14.2. The molecule has 0 unspecified atom stereocenters. The molecule has 1 aliphatic rings. The number of nitrogens with zero attached hydrogens (tertiary/aromatic N) is 3. The number of hydrogen-bond donors (Lipinski definition) is 0. The van der Waals surface area contributed by atoms with Gasteiger partial charge in [-0.25, -0.2) is 0 Å². The van der Waals surface area contributed by atoms with Gasteiger partial charge in [0.1, 0.15) is 5.76 Å². The van der Waals surface area contributed by atoms with E-state index in [0.717, 1.165) is 31.9 Å². The van der Waals surface area contributed by atoms with E-state index in [1.807, 2.05) is 25.2 Å². The van der Waals surface area contributed by atoms with Gasteiger partial charge in [0.25, 0.3) is 0 Å². The van der Waals surface area contributed by atoms with Gasteiger partial charge in [-0.15, -0.1) is 0 Å². The Bertz CT molecular complexity index is 604. The average molecular weight is 313 g/mol. The fraction of sp³-hybridized carbons (Fsp3) is 0.389. The first-order valence-electron chi connectivity index (χ1n) is 8.01. The van der Waals surface area contributed by atoms with E-state index in [-0.39, 0.29) is 5.91 Å². The molecule has 0 atom stereocenters. The third kappa shape index (κ3) is 4.13. The molecule has 23 heavy (non-hydrogen) atoms. The molecular weight excluding hydrogens is 290 g/mol. The van der Waals surface area contributed by atoms with Crippen LogP contribution in [0.15, 0.2) is 53.1 Å². The van der Waals surface area contributed by atoms with Crippen LogP contribution in [0.25, 0.3) is 0 Å². The molecule has 1 saturated heterocycles. The summed E-state index contributed by atoms with van der Waals surface area (Å²) in [7, 11) is 1.82. The van der Waals surface area contributed by atoms with Gasteiger partial charge < -0.3 is 14.2 Å². The van der Waals surface area contributed by atoms with E-state index in [4.69, 9.17) is 4.42 Å². The number of carbonyl (C=O) groups is 1. The fourth-order valence-corrected chi connectivity index (χ4v) is 2.84. The minimum absolute atomic E-state index is 0.134. The lowest BCUT2D eigenvalue weighted by molar-refractivity contribution is -0.131.